The van der Waals surface area contributed by atoms with Gasteiger partial charge in [0.05, 0.1) is 5.69 Å². The maximum Gasteiger partial charge on any atom is 0.270 e. The number of fused-ring (bicyclic) bond motifs is 1. The smallest absolute Gasteiger partial charge is 0.270 e. The third-order valence-corrected chi connectivity index (χ3v) is 3.25. The van der Waals surface area contributed by atoms with Crippen LogP contribution < -0.4 is 10.6 Å². The van der Waals surface area contributed by atoms with E-state index in [0.717, 1.165) is 11.2 Å². The third-order valence-electron chi connectivity index (χ3n) is 3.25. The monoisotopic (exact) mass is 288 g/mol. The minimum absolute atomic E-state index is 0.0607. The molecule has 6 nitrogen and oxygen atoms in total. The number of imidazole rings is 1. The first-order valence-electron chi connectivity index (χ1n) is 6.97. The molecule has 0 fully saturated rings. The summed E-state index contributed by atoms with van der Waals surface area (Å²) in [6.45, 7) is 6.34. The van der Waals surface area contributed by atoms with Gasteiger partial charge in [0.25, 0.3) is 5.91 Å². The summed E-state index contributed by atoms with van der Waals surface area (Å²) in [5.74, 6) is -0.206. The number of amides is 2. The lowest BCUT2D eigenvalue weighted by molar-refractivity contribution is -0.118. The van der Waals surface area contributed by atoms with Gasteiger partial charge in [-0.1, -0.05) is 6.07 Å². The molecule has 0 aromatic carbocycles. The summed E-state index contributed by atoms with van der Waals surface area (Å²) in [5, 5.41) is 5.55. The van der Waals surface area contributed by atoms with E-state index in [2.05, 4.69) is 15.6 Å². The quantitative estimate of drug-likeness (QED) is 0.812. The summed E-state index contributed by atoms with van der Waals surface area (Å²) in [5.41, 5.74) is 3.11. The second kappa shape index (κ2) is 6.39. The Labute approximate surface area is 123 Å². The summed E-state index contributed by atoms with van der Waals surface area (Å²) >= 11 is 0. The molecule has 2 rings (SSSR count). The molecule has 0 atom stereocenters. The molecule has 0 radical (unpaired) electrons. The SMILES string of the molecule is CC(=O)NCCCNC(=O)c1c(C)nc2c(C)cccn12. The van der Waals surface area contributed by atoms with Crippen molar-refractivity contribution in [2.24, 2.45) is 0 Å². The number of hydrogen-bond acceptors (Lipinski definition) is 3. The Balaban J connectivity index is 2.04. The standard InChI is InChI=1S/C15H20N4O2/c1-10-6-4-9-19-13(11(2)18-14(10)19)15(21)17-8-5-7-16-12(3)20/h4,6,9H,5,7-8H2,1-3H3,(H,16,20)(H,17,21). The van der Waals surface area contributed by atoms with Crippen molar-refractivity contribution in [1.82, 2.24) is 20.0 Å². The van der Waals surface area contributed by atoms with Crippen LogP contribution in [0.3, 0.4) is 0 Å². The van der Waals surface area contributed by atoms with E-state index in [9.17, 15) is 9.59 Å². The Morgan fingerprint density at radius 3 is 2.67 bits per heavy atom. The minimum atomic E-state index is -0.145. The van der Waals surface area contributed by atoms with E-state index in [1.54, 1.807) is 0 Å². The number of carbonyl (C=O) groups excluding carboxylic acids is 2. The second-order valence-corrected chi connectivity index (χ2v) is 5.02. The van der Waals surface area contributed by atoms with E-state index in [0.29, 0.717) is 30.9 Å². The lowest BCUT2D eigenvalue weighted by Crippen LogP contribution is -2.29. The zero-order valence-corrected chi connectivity index (χ0v) is 12.6. The Kier molecular flexibility index (Phi) is 4.57. The molecular weight excluding hydrogens is 268 g/mol. The van der Waals surface area contributed by atoms with Crippen molar-refractivity contribution in [3.63, 3.8) is 0 Å². The molecule has 0 aliphatic carbocycles. The number of carbonyl (C=O) groups is 2. The number of rotatable bonds is 5. The number of pyridine rings is 1. The van der Waals surface area contributed by atoms with E-state index in [1.165, 1.54) is 6.92 Å². The highest BCUT2D eigenvalue weighted by molar-refractivity contribution is 5.94. The third kappa shape index (κ3) is 3.39. The van der Waals surface area contributed by atoms with Crippen LogP contribution in [0, 0.1) is 13.8 Å². The van der Waals surface area contributed by atoms with Gasteiger partial charge in [-0.3, -0.25) is 14.0 Å². The Hall–Kier alpha value is -2.37. The fourth-order valence-electron chi connectivity index (χ4n) is 2.23. The predicted molar refractivity (Wildman–Crippen MR) is 80.3 cm³/mol. The van der Waals surface area contributed by atoms with E-state index in [1.807, 2.05) is 36.6 Å². The van der Waals surface area contributed by atoms with Crippen molar-refractivity contribution >= 4 is 17.5 Å². The average molecular weight is 288 g/mol. The largest absolute Gasteiger partial charge is 0.356 e. The number of hydrogen-bond donors (Lipinski definition) is 2. The molecule has 2 amide bonds. The van der Waals surface area contributed by atoms with E-state index in [4.69, 9.17) is 0 Å². The summed E-state index contributed by atoms with van der Waals surface area (Å²) < 4.78 is 1.81. The van der Waals surface area contributed by atoms with Crippen molar-refractivity contribution in [1.29, 1.82) is 0 Å². The molecule has 21 heavy (non-hydrogen) atoms. The maximum absolute atomic E-state index is 12.3. The van der Waals surface area contributed by atoms with Crippen LogP contribution >= 0.6 is 0 Å². The molecule has 2 heterocycles. The summed E-state index contributed by atoms with van der Waals surface area (Å²) in [7, 11) is 0. The van der Waals surface area contributed by atoms with Crippen LogP contribution in [0.25, 0.3) is 5.65 Å². The number of aromatic nitrogens is 2. The Morgan fingerprint density at radius 1 is 1.24 bits per heavy atom. The fraction of sp³-hybridized carbons (Fsp3) is 0.400. The van der Waals surface area contributed by atoms with E-state index >= 15 is 0 Å². The molecule has 2 aromatic heterocycles. The lowest BCUT2D eigenvalue weighted by Gasteiger charge is -2.06. The van der Waals surface area contributed by atoms with Gasteiger partial charge in [0.1, 0.15) is 11.3 Å². The van der Waals surface area contributed by atoms with Crippen molar-refractivity contribution in [2.45, 2.75) is 27.2 Å². The molecule has 6 heteroatoms. The van der Waals surface area contributed by atoms with Crippen molar-refractivity contribution in [2.75, 3.05) is 13.1 Å². The highest BCUT2D eigenvalue weighted by atomic mass is 16.2. The van der Waals surface area contributed by atoms with Gasteiger partial charge in [-0.05, 0) is 31.9 Å². The highest BCUT2D eigenvalue weighted by Crippen LogP contribution is 2.15. The van der Waals surface area contributed by atoms with E-state index in [-0.39, 0.29) is 11.8 Å². The number of nitrogens with one attached hydrogen (secondary N) is 2. The molecule has 0 saturated carbocycles. The molecule has 112 valence electrons. The highest BCUT2D eigenvalue weighted by Gasteiger charge is 2.16. The van der Waals surface area contributed by atoms with Crippen LogP contribution in [-0.4, -0.2) is 34.3 Å². The van der Waals surface area contributed by atoms with Gasteiger partial charge in [-0.15, -0.1) is 0 Å². The second-order valence-electron chi connectivity index (χ2n) is 5.02. The normalized spacial score (nSPS) is 10.6. The minimum Gasteiger partial charge on any atom is -0.356 e. The summed E-state index contributed by atoms with van der Waals surface area (Å²) in [6, 6.07) is 3.87. The predicted octanol–water partition coefficient (Wildman–Crippen LogP) is 1.21. The molecule has 0 spiro atoms. The first-order valence-corrected chi connectivity index (χ1v) is 6.97. The average Bonchev–Trinajstić information content (AvgIpc) is 2.75. The topological polar surface area (TPSA) is 75.5 Å². The molecule has 2 aromatic rings. The van der Waals surface area contributed by atoms with Gasteiger partial charge in [0.2, 0.25) is 5.91 Å². The summed E-state index contributed by atoms with van der Waals surface area (Å²) in [4.78, 5) is 27.5. The van der Waals surface area contributed by atoms with Gasteiger partial charge < -0.3 is 10.6 Å². The van der Waals surface area contributed by atoms with Crippen LogP contribution in [-0.2, 0) is 4.79 Å². The first kappa shape index (κ1) is 15.0. The van der Waals surface area contributed by atoms with Gasteiger partial charge in [-0.25, -0.2) is 4.98 Å². The number of nitrogens with zero attached hydrogens (tertiary/aromatic N) is 2. The number of aryl methyl sites for hydroxylation is 2. The van der Waals surface area contributed by atoms with Crippen LogP contribution in [0.2, 0.25) is 0 Å². The van der Waals surface area contributed by atoms with E-state index < -0.39 is 0 Å². The first-order chi connectivity index (χ1) is 10.0. The Bertz CT molecular complexity index is 676. The van der Waals surface area contributed by atoms with Crippen molar-refractivity contribution in [3.05, 3.63) is 35.3 Å². The molecule has 0 aliphatic rings. The lowest BCUT2D eigenvalue weighted by atomic mass is 10.3. The summed E-state index contributed by atoms with van der Waals surface area (Å²) in [6.07, 6.45) is 2.54. The van der Waals surface area contributed by atoms with Crippen molar-refractivity contribution in [3.8, 4) is 0 Å². The van der Waals surface area contributed by atoms with Crippen LogP contribution in [0.15, 0.2) is 18.3 Å². The van der Waals surface area contributed by atoms with Crippen LogP contribution in [0.5, 0.6) is 0 Å². The molecule has 0 unspecified atom stereocenters. The van der Waals surface area contributed by atoms with Crippen molar-refractivity contribution < 1.29 is 9.59 Å². The molecular formula is C15H20N4O2. The van der Waals surface area contributed by atoms with Gasteiger partial charge in [0, 0.05) is 26.2 Å². The van der Waals surface area contributed by atoms with Gasteiger partial charge in [-0.2, -0.15) is 0 Å². The molecule has 2 N–H and O–H groups in total. The Morgan fingerprint density at radius 2 is 1.95 bits per heavy atom. The molecule has 0 saturated heterocycles. The van der Waals surface area contributed by atoms with Crippen LogP contribution in [0.1, 0.15) is 35.1 Å². The maximum atomic E-state index is 12.3. The van der Waals surface area contributed by atoms with Gasteiger partial charge >= 0.3 is 0 Å². The van der Waals surface area contributed by atoms with Crippen LogP contribution in [0.4, 0.5) is 0 Å². The molecule has 0 bridgehead atoms. The zero-order valence-electron chi connectivity index (χ0n) is 12.6. The van der Waals surface area contributed by atoms with Gasteiger partial charge in [0.15, 0.2) is 0 Å². The molecule has 0 aliphatic heterocycles. The zero-order chi connectivity index (χ0) is 15.4. The fourth-order valence-corrected chi connectivity index (χ4v) is 2.23.